The predicted octanol–water partition coefficient (Wildman–Crippen LogP) is 16.8. The van der Waals surface area contributed by atoms with E-state index in [1.54, 1.807) is 0 Å². The van der Waals surface area contributed by atoms with Gasteiger partial charge in [-0.3, -0.25) is 4.79 Å². The summed E-state index contributed by atoms with van der Waals surface area (Å²) in [7, 11) is 0. The van der Waals surface area contributed by atoms with E-state index < -0.39 is 195 Å². The maximum Gasteiger partial charge on any atom is 0.416 e. The summed E-state index contributed by atoms with van der Waals surface area (Å²) in [5.74, 6) is 0.875. The van der Waals surface area contributed by atoms with E-state index in [-0.39, 0.29) is 5.78 Å². The van der Waals surface area contributed by atoms with Crippen LogP contribution in [-0.2, 0) is 56.0 Å². The number of rotatable bonds is 9. The van der Waals surface area contributed by atoms with Crippen LogP contribution in [0.4, 0.5) is 105 Å². The molecule has 0 unspecified atom stereocenters. The first-order chi connectivity index (χ1) is 38.6. The molecule has 0 amide bonds. The molecule has 1 aromatic heterocycles. The molecule has 0 bridgehead atoms. The van der Waals surface area contributed by atoms with Crippen LogP contribution in [0.2, 0.25) is 0 Å². The van der Waals surface area contributed by atoms with Gasteiger partial charge in [0.2, 0.25) is 12.3 Å². The molecular weight excluding hydrogens is 1180 g/mol. The van der Waals surface area contributed by atoms with Crippen molar-refractivity contribution in [2.75, 3.05) is 0 Å². The second kappa shape index (κ2) is 23.2. The van der Waals surface area contributed by atoms with E-state index in [1.165, 1.54) is 48.8 Å². The normalized spacial score (nSPS) is 14.5. The van der Waals surface area contributed by atoms with E-state index in [9.17, 15) is 110 Å². The van der Waals surface area contributed by atoms with Gasteiger partial charge in [0.05, 0.1) is 44.5 Å². The lowest BCUT2D eigenvalue weighted by molar-refractivity contribution is -0.683. The molecule has 1 aliphatic rings. The molecule has 84 heavy (non-hydrogen) atoms. The van der Waals surface area contributed by atoms with Crippen molar-refractivity contribution in [3.05, 3.63) is 208 Å². The van der Waals surface area contributed by atoms with E-state index in [2.05, 4.69) is 36.4 Å². The zero-order valence-electron chi connectivity index (χ0n) is 42.3. The van der Waals surface area contributed by atoms with Gasteiger partial charge < -0.3 is 0 Å². The maximum atomic E-state index is 14.2. The molecule has 448 valence electrons. The number of pyridine rings is 1. The van der Waals surface area contributed by atoms with Gasteiger partial charge in [-0.05, 0) is 59.7 Å². The Morgan fingerprint density at radius 2 is 0.631 bits per heavy atom. The van der Waals surface area contributed by atoms with Crippen LogP contribution in [0.3, 0.4) is 0 Å². The number of aromatic nitrogens is 1. The Morgan fingerprint density at radius 3 is 0.905 bits per heavy atom. The van der Waals surface area contributed by atoms with Crippen LogP contribution in [0.15, 0.2) is 152 Å². The lowest BCUT2D eigenvalue weighted by Crippen LogP contribution is -2.75. The molecule has 0 radical (unpaired) electrons. The molecule has 1 saturated carbocycles. The molecular formula is C57H38BF24NO. The summed E-state index contributed by atoms with van der Waals surface area (Å²) in [6.45, 7) is 0.366. The Labute approximate surface area is 460 Å². The zero-order valence-corrected chi connectivity index (χ0v) is 42.3. The fourth-order valence-electron chi connectivity index (χ4n) is 10.1. The number of carbonyl (C=O) groups excluding carboxylic acids is 1. The van der Waals surface area contributed by atoms with E-state index >= 15 is 0 Å². The molecule has 8 rings (SSSR count). The standard InChI is InChI=1S/C32H12BF24.C25H26NO/c34-25(35,36)13-1-14(26(37,38)39)6-21(5-13)33(22-7-15(27(40,41)42)2-16(8-22)28(43,44)45,23-9-17(29(46,47)48)3-18(10-23)30(49,50)51)24-11-19(31(52,53)54)4-20(12-24)32(55,56)57;27-25(24-9-5-2-6-10-24)19-26-17-15-23(16-18-26)22-13-11-21(12-14-22)20-7-3-1-4-8-20/h1-12H;2,5-6,9-18,20H,1,3-4,7-8,19H2/q-1;+1. The molecule has 0 saturated heterocycles. The highest BCUT2D eigenvalue weighted by Crippen LogP contribution is 2.42. The molecule has 1 fully saturated rings. The van der Waals surface area contributed by atoms with E-state index in [1.807, 2.05) is 47.3 Å². The van der Waals surface area contributed by atoms with Gasteiger partial charge in [0.25, 0.3) is 0 Å². The van der Waals surface area contributed by atoms with Crippen molar-refractivity contribution >= 4 is 33.8 Å². The van der Waals surface area contributed by atoms with Crippen LogP contribution >= 0.6 is 0 Å². The summed E-state index contributed by atoms with van der Waals surface area (Å²) in [6, 6.07) is 13.9. The van der Waals surface area contributed by atoms with Crippen molar-refractivity contribution in [3.63, 3.8) is 0 Å². The van der Waals surface area contributed by atoms with Crippen LogP contribution < -0.4 is 26.4 Å². The number of benzene rings is 6. The number of halogens is 24. The lowest BCUT2D eigenvalue weighted by atomic mass is 9.12. The molecule has 6 aromatic carbocycles. The average molecular weight is 1220 g/mol. The lowest BCUT2D eigenvalue weighted by Gasteiger charge is -2.46. The van der Waals surface area contributed by atoms with E-state index in [0.717, 1.165) is 11.5 Å². The first-order valence-corrected chi connectivity index (χ1v) is 24.6. The van der Waals surface area contributed by atoms with Crippen LogP contribution in [0, 0.1) is 0 Å². The van der Waals surface area contributed by atoms with Gasteiger partial charge >= 0.3 is 49.4 Å². The van der Waals surface area contributed by atoms with E-state index in [0.29, 0.717) is 6.54 Å². The summed E-state index contributed by atoms with van der Waals surface area (Å²) in [5, 5.41) is 0. The number of hydrogen-bond donors (Lipinski definition) is 0. The maximum absolute atomic E-state index is 14.2. The van der Waals surface area contributed by atoms with Crippen molar-refractivity contribution in [1.29, 1.82) is 0 Å². The zero-order chi connectivity index (χ0) is 62.4. The number of hydrogen-bond acceptors (Lipinski definition) is 1. The molecule has 0 aliphatic heterocycles. The smallest absolute Gasteiger partial charge is 0.287 e. The second-order valence-electron chi connectivity index (χ2n) is 19.7. The SMILES string of the molecule is FC(F)(F)c1cc([B-](c2cc(C(F)(F)F)cc(C(F)(F)F)c2)(c2cc(C(F)(F)F)cc(C(F)(F)F)c2)c2cc(C(F)(F)F)cc(C(F)(F)F)c2)cc(C(F)(F)F)c1.O=C(C[n+]1ccc(-c2ccc(C3CCCCC3)cc2)cc1)c1ccccc1. The Bertz CT molecular complexity index is 3020. The van der Waals surface area contributed by atoms with E-state index in [4.69, 9.17) is 0 Å². The minimum Gasteiger partial charge on any atom is -0.287 e. The van der Waals surface area contributed by atoms with Gasteiger partial charge in [-0.1, -0.05) is 122 Å². The monoisotopic (exact) mass is 1220 g/mol. The number of Topliss-reactive ketones (excluding diaryl/α,β-unsaturated/α-hetero) is 1. The highest BCUT2D eigenvalue weighted by Gasteiger charge is 2.47. The van der Waals surface area contributed by atoms with Crippen LogP contribution in [0.25, 0.3) is 11.1 Å². The summed E-state index contributed by atoms with van der Waals surface area (Å²) < 4.78 is 343. The van der Waals surface area contributed by atoms with Gasteiger partial charge in [0.1, 0.15) is 6.15 Å². The summed E-state index contributed by atoms with van der Waals surface area (Å²) >= 11 is 0. The van der Waals surface area contributed by atoms with Crippen molar-refractivity contribution in [3.8, 4) is 11.1 Å². The molecule has 27 heteroatoms. The second-order valence-corrected chi connectivity index (χ2v) is 19.7. The fraction of sp³-hybridized carbons (Fsp3) is 0.263. The molecule has 1 heterocycles. The summed E-state index contributed by atoms with van der Waals surface area (Å²) in [5.41, 5.74) is -25.5. The number of carbonyl (C=O) groups is 1. The first-order valence-electron chi connectivity index (χ1n) is 24.6. The third-order valence-corrected chi connectivity index (χ3v) is 14.1. The first kappa shape index (κ1) is 64.1. The summed E-state index contributed by atoms with van der Waals surface area (Å²) in [4.78, 5) is 12.3. The molecule has 0 spiro atoms. The van der Waals surface area contributed by atoms with Crippen molar-refractivity contribution in [1.82, 2.24) is 0 Å². The highest BCUT2D eigenvalue weighted by molar-refractivity contribution is 7.20. The van der Waals surface area contributed by atoms with Crippen LogP contribution in [0.1, 0.15) is 98.5 Å². The third-order valence-electron chi connectivity index (χ3n) is 14.1. The largest absolute Gasteiger partial charge is 0.416 e. The van der Waals surface area contributed by atoms with Gasteiger partial charge in [0.15, 0.2) is 12.4 Å². The summed E-state index contributed by atoms with van der Waals surface area (Å²) in [6.07, 6.45) is -44.0. The minimum absolute atomic E-state index is 0.130. The Kier molecular flexibility index (Phi) is 17.7. The number of alkyl halides is 24. The highest BCUT2D eigenvalue weighted by atomic mass is 19.4. The molecule has 0 atom stereocenters. The van der Waals surface area contributed by atoms with Crippen molar-refractivity contribution in [2.45, 2.75) is 94.0 Å². The molecule has 0 N–H and O–H groups in total. The quantitative estimate of drug-likeness (QED) is 0.0611. The van der Waals surface area contributed by atoms with Crippen LogP contribution in [0.5, 0.6) is 0 Å². The van der Waals surface area contributed by atoms with Gasteiger partial charge in [-0.2, -0.15) is 132 Å². The third kappa shape index (κ3) is 14.9. The Morgan fingerprint density at radius 1 is 0.357 bits per heavy atom. The Balaban J connectivity index is 0.000000309. The molecule has 1 aliphatic carbocycles. The topological polar surface area (TPSA) is 20.9 Å². The average Bonchev–Trinajstić information content (AvgIpc) is 1.05. The van der Waals surface area contributed by atoms with Gasteiger partial charge in [-0.25, -0.2) is 0 Å². The fourth-order valence-corrected chi connectivity index (χ4v) is 10.1. The number of ketones is 1. The minimum atomic E-state index is -6.13. The van der Waals surface area contributed by atoms with Gasteiger partial charge in [0, 0.05) is 17.7 Å². The van der Waals surface area contributed by atoms with Gasteiger partial charge in [-0.15, -0.1) is 0 Å². The van der Waals surface area contributed by atoms with Crippen molar-refractivity contribution < 1.29 is 115 Å². The molecule has 7 aromatic rings. The molecule has 2 nitrogen and oxygen atoms in total. The Hall–Kier alpha value is -7.48. The van der Waals surface area contributed by atoms with Crippen LogP contribution in [-0.4, -0.2) is 11.9 Å². The van der Waals surface area contributed by atoms with Crippen molar-refractivity contribution in [2.24, 2.45) is 0 Å². The predicted molar refractivity (Wildman–Crippen MR) is 259 cm³/mol. The number of nitrogens with zero attached hydrogens (tertiary/aromatic N) is 1.